The first kappa shape index (κ1) is 22.1. The molecule has 0 aliphatic heterocycles. The second-order valence-electron chi connectivity index (χ2n) is 6.61. The molecule has 0 spiro atoms. The van der Waals surface area contributed by atoms with Crippen molar-refractivity contribution in [2.75, 3.05) is 13.2 Å². The zero-order chi connectivity index (χ0) is 20.9. The van der Waals surface area contributed by atoms with Crippen molar-refractivity contribution in [3.8, 4) is 0 Å². The number of carbonyl (C=O) groups is 1. The van der Waals surface area contributed by atoms with Gasteiger partial charge < -0.3 is 9.47 Å². The third kappa shape index (κ3) is 5.64. The van der Waals surface area contributed by atoms with Crippen LogP contribution in [0.2, 0.25) is 0 Å². The zero-order valence-electron chi connectivity index (χ0n) is 15.5. The number of fused-ring (bicyclic) bond motifs is 1. The van der Waals surface area contributed by atoms with Crippen molar-refractivity contribution in [1.82, 2.24) is 0 Å². The standard InChI is InChI=1S/C20H21F5O3/c1-3-13(2)15-6-7-16-8-14(4-5-17(16)9-15)10-27-11-18(26)28-12-19(21,22)20(23,24)25/h4-9,13H,3,10-12H2,1-2H3. The molecule has 0 bridgehead atoms. The Hall–Kier alpha value is -2.22. The maximum atomic E-state index is 12.7. The fourth-order valence-corrected chi connectivity index (χ4v) is 2.49. The molecule has 3 nitrogen and oxygen atoms in total. The van der Waals surface area contributed by atoms with E-state index < -0.39 is 31.3 Å². The number of hydrogen-bond donors (Lipinski definition) is 0. The zero-order valence-corrected chi connectivity index (χ0v) is 15.5. The summed E-state index contributed by atoms with van der Waals surface area (Å²) in [6, 6.07) is 11.7. The summed E-state index contributed by atoms with van der Waals surface area (Å²) in [6.07, 6.45) is -4.74. The summed E-state index contributed by atoms with van der Waals surface area (Å²) in [5, 5.41) is 2.02. The molecule has 0 aliphatic rings. The predicted molar refractivity (Wildman–Crippen MR) is 94.3 cm³/mol. The van der Waals surface area contributed by atoms with Gasteiger partial charge in [0.2, 0.25) is 0 Å². The third-order valence-corrected chi connectivity index (χ3v) is 4.43. The third-order valence-electron chi connectivity index (χ3n) is 4.43. The average molecular weight is 404 g/mol. The van der Waals surface area contributed by atoms with E-state index in [9.17, 15) is 26.7 Å². The van der Waals surface area contributed by atoms with Crippen molar-refractivity contribution >= 4 is 16.7 Å². The summed E-state index contributed by atoms with van der Waals surface area (Å²) >= 11 is 0. The lowest BCUT2D eigenvalue weighted by Crippen LogP contribution is -2.41. The Kier molecular flexibility index (Phi) is 6.98. The molecule has 0 aliphatic carbocycles. The van der Waals surface area contributed by atoms with Gasteiger partial charge in [-0.2, -0.15) is 22.0 Å². The molecule has 0 fully saturated rings. The molecule has 0 heterocycles. The summed E-state index contributed by atoms with van der Waals surface area (Å²) in [6.45, 7) is 1.47. The van der Waals surface area contributed by atoms with Gasteiger partial charge in [-0.1, -0.05) is 44.2 Å². The van der Waals surface area contributed by atoms with Gasteiger partial charge in [0.25, 0.3) is 0 Å². The number of hydrogen-bond acceptors (Lipinski definition) is 3. The van der Waals surface area contributed by atoms with Crippen LogP contribution in [-0.2, 0) is 20.9 Å². The monoisotopic (exact) mass is 404 g/mol. The largest absolute Gasteiger partial charge is 0.457 e. The van der Waals surface area contributed by atoms with Crippen molar-refractivity contribution in [3.63, 3.8) is 0 Å². The first-order chi connectivity index (χ1) is 13.0. The number of esters is 1. The van der Waals surface area contributed by atoms with Gasteiger partial charge >= 0.3 is 18.1 Å². The summed E-state index contributed by atoms with van der Waals surface area (Å²) in [7, 11) is 0. The van der Waals surface area contributed by atoms with Gasteiger partial charge in [-0.15, -0.1) is 0 Å². The second-order valence-corrected chi connectivity index (χ2v) is 6.61. The van der Waals surface area contributed by atoms with Crippen LogP contribution in [0.4, 0.5) is 22.0 Å². The van der Waals surface area contributed by atoms with Gasteiger partial charge in [-0.05, 0) is 40.3 Å². The van der Waals surface area contributed by atoms with E-state index in [0.717, 1.165) is 22.8 Å². The molecular weight excluding hydrogens is 383 g/mol. The number of rotatable bonds is 8. The van der Waals surface area contributed by atoms with E-state index in [0.29, 0.717) is 5.92 Å². The van der Waals surface area contributed by atoms with Gasteiger partial charge in [-0.25, -0.2) is 4.79 Å². The summed E-state index contributed by atoms with van der Waals surface area (Å²) in [4.78, 5) is 11.3. The SMILES string of the molecule is CCC(C)c1ccc2cc(COCC(=O)OCC(F)(F)C(F)(F)F)ccc2c1. The molecule has 28 heavy (non-hydrogen) atoms. The Bertz CT molecular complexity index is 817. The maximum absolute atomic E-state index is 12.7. The number of benzene rings is 2. The maximum Gasteiger partial charge on any atom is 0.456 e. The van der Waals surface area contributed by atoms with Crippen LogP contribution in [-0.4, -0.2) is 31.3 Å². The van der Waals surface area contributed by atoms with Gasteiger partial charge in [0.15, 0.2) is 6.61 Å². The fraction of sp³-hybridized carbons (Fsp3) is 0.450. The molecule has 0 radical (unpaired) electrons. The topological polar surface area (TPSA) is 35.5 Å². The average Bonchev–Trinajstić information content (AvgIpc) is 2.64. The normalized spacial score (nSPS) is 13.5. The highest BCUT2D eigenvalue weighted by Gasteiger charge is 2.58. The van der Waals surface area contributed by atoms with E-state index >= 15 is 0 Å². The van der Waals surface area contributed by atoms with Crippen molar-refractivity contribution < 1.29 is 36.2 Å². The van der Waals surface area contributed by atoms with Gasteiger partial charge in [0, 0.05) is 0 Å². The second kappa shape index (κ2) is 8.86. The molecule has 0 N–H and O–H groups in total. The number of ether oxygens (including phenoxy) is 2. The van der Waals surface area contributed by atoms with Gasteiger partial charge in [0.1, 0.15) is 6.61 Å². The number of alkyl halides is 5. The van der Waals surface area contributed by atoms with Crippen molar-refractivity contribution in [2.24, 2.45) is 0 Å². The lowest BCUT2D eigenvalue weighted by Gasteiger charge is -2.19. The predicted octanol–water partition coefficient (Wildman–Crippen LogP) is 5.61. The summed E-state index contributed by atoms with van der Waals surface area (Å²) < 4.78 is 70.4. The van der Waals surface area contributed by atoms with Crippen LogP contribution in [0, 0.1) is 0 Å². The minimum Gasteiger partial charge on any atom is -0.457 e. The highest BCUT2D eigenvalue weighted by molar-refractivity contribution is 5.84. The van der Waals surface area contributed by atoms with E-state index in [1.165, 1.54) is 5.56 Å². The highest BCUT2D eigenvalue weighted by atomic mass is 19.4. The Morgan fingerprint density at radius 1 is 1.04 bits per heavy atom. The molecule has 8 heteroatoms. The van der Waals surface area contributed by atoms with Crippen molar-refractivity contribution in [2.45, 2.75) is 44.9 Å². The molecule has 0 aromatic heterocycles. The van der Waals surface area contributed by atoms with Crippen LogP contribution in [0.1, 0.15) is 37.3 Å². The van der Waals surface area contributed by atoms with Crippen LogP contribution in [0.3, 0.4) is 0 Å². The highest BCUT2D eigenvalue weighted by Crippen LogP contribution is 2.35. The Morgan fingerprint density at radius 3 is 2.32 bits per heavy atom. The van der Waals surface area contributed by atoms with E-state index in [2.05, 4.69) is 24.7 Å². The first-order valence-electron chi connectivity index (χ1n) is 8.74. The fourth-order valence-electron chi connectivity index (χ4n) is 2.49. The molecule has 0 saturated heterocycles. The molecule has 1 atom stereocenters. The van der Waals surface area contributed by atoms with Crippen molar-refractivity contribution in [1.29, 1.82) is 0 Å². The molecule has 1 unspecified atom stereocenters. The van der Waals surface area contributed by atoms with Crippen molar-refractivity contribution in [3.05, 3.63) is 47.5 Å². The lowest BCUT2D eigenvalue weighted by molar-refractivity contribution is -0.294. The van der Waals surface area contributed by atoms with Crippen LogP contribution in [0.25, 0.3) is 10.8 Å². The molecule has 2 aromatic rings. The summed E-state index contributed by atoms with van der Waals surface area (Å²) in [5.74, 6) is -5.93. The molecular formula is C20H21F5O3. The van der Waals surface area contributed by atoms with Crippen LogP contribution >= 0.6 is 0 Å². The quantitative estimate of drug-likeness (QED) is 0.424. The van der Waals surface area contributed by atoms with Crippen LogP contribution in [0.15, 0.2) is 36.4 Å². The van der Waals surface area contributed by atoms with E-state index in [-0.39, 0.29) is 6.61 Å². The van der Waals surface area contributed by atoms with Crippen LogP contribution < -0.4 is 0 Å². The molecule has 0 amide bonds. The first-order valence-corrected chi connectivity index (χ1v) is 8.74. The lowest BCUT2D eigenvalue weighted by atomic mass is 9.95. The minimum absolute atomic E-state index is 0.00613. The molecule has 2 aromatic carbocycles. The van der Waals surface area contributed by atoms with Gasteiger partial charge in [-0.3, -0.25) is 0 Å². The van der Waals surface area contributed by atoms with E-state index in [4.69, 9.17) is 4.74 Å². The smallest absolute Gasteiger partial charge is 0.456 e. The molecule has 154 valence electrons. The number of halogens is 5. The van der Waals surface area contributed by atoms with E-state index in [1.807, 2.05) is 24.3 Å². The Labute approximate surface area is 159 Å². The number of carbonyl (C=O) groups excluding carboxylic acids is 1. The van der Waals surface area contributed by atoms with E-state index in [1.54, 1.807) is 6.07 Å². The van der Waals surface area contributed by atoms with Crippen LogP contribution in [0.5, 0.6) is 0 Å². The summed E-state index contributed by atoms with van der Waals surface area (Å²) in [5.41, 5.74) is 1.97. The minimum atomic E-state index is -5.77. The molecule has 2 rings (SSSR count). The Balaban J connectivity index is 1.87. The van der Waals surface area contributed by atoms with Gasteiger partial charge in [0.05, 0.1) is 6.61 Å². The Morgan fingerprint density at radius 2 is 1.68 bits per heavy atom. The molecule has 0 saturated carbocycles.